The topological polar surface area (TPSA) is 319 Å². The number of hydrogen-bond donors (Lipinski definition) is 6. The largest absolute Gasteiger partial charge is 0.472 e. The summed E-state index contributed by atoms with van der Waals surface area (Å²) >= 11 is 0. The van der Waals surface area contributed by atoms with E-state index in [9.17, 15) is 33.9 Å². The standard InChI is InChI=1S/C23H30N10O13P2/c1-8(2)33-20(36)12-19(30-23(33)25)32(7-29-12)22-14(35)16-10(44-22)4-42-47(37,38)45-15-9(3-41-48(39,40)46-16)43-21(13(15)34)31-6-28-11-17(24)26-5-27-18(11)31/h5-10,13-16,21-22,34-35H,3-4H2,1-2H3,(H2,25,30)(H,37,38)(H,39,40)(H2,24,26,27)/t9-,10-,13-,14-,15-,16-,21-,22-/m1/s1. The van der Waals surface area contributed by atoms with Crippen LogP contribution in [-0.4, -0.2) is 108 Å². The SMILES string of the molecule is CC(C)n1c(N)nc2c(ncn2[C@@H]2O[C@@H]3COP(=O)(O)O[C@H]4[C@@H](O)[C@H](n5cnc6c(N)ncnc65)O[C@@H]4COP(=O)(O)O[C@H]3[C@H]2O)c1=O. The Bertz CT molecular complexity index is 2040. The third-order valence-corrected chi connectivity index (χ3v) is 10.0. The molecule has 3 fully saturated rings. The lowest BCUT2D eigenvalue weighted by atomic mass is 10.1. The number of nitrogen functional groups attached to an aromatic ring is 2. The highest BCUT2D eigenvalue weighted by Gasteiger charge is 2.54. The summed E-state index contributed by atoms with van der Waals surface area (Å²) < 4.78 is 62.6. The van der Waals surface area contributed by atoms with E-state index in [-0.39, 0.29) is 40.1 Å². The molecular weight excluding hydrogens is 686 g/mol. The fourth-order valence-electron chi connectivity index (χ4n) is 5.87. The molecule has 0 aliphatic carbocycles. The summed E-state index contributed by atoms with van der Waals surface area (Å²) in [6.07, 6.45) is -9.10. The molecule has 0 radical (unpaired) electrons. The zero-order valence-electron chi connectivity index (χ0n) is 24.9. The second kappa shape index (κ2) is 11.9. The van der Waals surface area contributed by atoms with Gasteiger partial charge in [-0.1, -0.05) is 0 Å². The van der Waals surface area contributed by atoms with E-state index in [1.165, 1.54) is 15.5 Å². The zero-order chi connectivity index (χ0) is 34.3. The van der Waals surface area contributed by atoms with Crippen molar-refractivity contribution in [2.75, 3.05) is 24.7 Å². The quantitative estimate of drug-likeness (QED) is 0.134. The van der Waals surface area contributed by atoms with E-state index in [0.717, 1.165) is 17.2 Å². The van der Waals surface area contributed by atoms with Gasteiger partial charge in [-0.2, -0.15) is 4.98 Å². The first-order valence-electron chi connectivity index (χ1n) is 14.3. The molecule has 3 saturated heterocycles. The van der Waals surface area contributed by atoms with Gasteiger partial charge >= 0.3 is 15.6 Å². The zero-order valence-corrected chi connectivity index (χ0v) is 26.7. The van der Waals surface area contributed by atoms with E-state index in [0.29, 0.717) is 0 Å². The maximum atomic E-state index is 13.2. The van der Waals surface area contributed by atoms with Gasteiger partial charge in [-0.25, -0.2) is 29.1 Å². The van der Waals surface area contributed by atoms with Crippen molar-refractivity contribution in [1.29, 1.82) is 0 Å². The highest BCUT2D eigenvalue weighted by atomic mass is 31.2. The number of rotatable bonds is 3. The van der Waals surface area contributed by atoms with Crippen molar-refractivity contribution in [2.45, 2.75) is 69.0 Å². The third kappa shape index (κ3) is 5.60. The minimum Gasteiger partial charge on any atom is -0.386 e. The van der Waals surface area contributed by atoms with Crippen molar-refractivity contribution >= 4 is 49.7 Å². The number of hydrogen-bond acceptors (Lipinski definition) is 18. The van der Waals surface area contributed by atoms with Gasteiger partial charge in [-0.05, 0) is 13.8 Å². The van der Waals surface area contributed by atoms with Crippen LogP contribution >= 0.6 is 15.6 Å². The second-order valence-corrected chi connectivity index (χ2v) is 14.2. The molecule has 0 amide bonds. The Morgan fingerprint density at radius 2 is 1.35 bits per heavy atom. The van der Waals surface area contributed by atoms with E-state index in [2.05, 4.69) is 24.9 Å². The van der Waals surface area contributed by atoms with Crippen molar-refractivity contribution in [3.8, 4) is 0 Å². The Morgan fingerprint density at radius 3 is 1.90 bits per heavy atom. The summed E-state index contributed by atoms with van der Waals surface area (Å²) in [4.78, 5) is 54.7. The van der Waals surface area contributed by atoms with Gasteiger partial charge in [0, 0.05) is 6.04 Å². The molecule has 0 aromatic carbocycles. The number of aromatic nitrogens is 8. The van der Waals surface area contributed by atoms with Crippen LogP contribution in [0.15, 0.2) is 23.8 Å². The van der Waals surface area contributed by atoms with Crippen LogP contribution < -0.4 is 17.0 Å². The lowest BCUT2D eigenvalue weighted by Crippen LogP contribution is -2.39. The highest BCUT2D eigenvalue weighted by Crippen LogP contribution is 2.53. The predicted molar refractivity (Wildman–Crippen MR) is 157 cm³/mol. The van der Waals surface area contributed by atoms with E-state index in [1.54, 1.807) is 13.8 Å². The van der Waals surface area contributed by atoms with Gasteiger partial charge in [-0.3, -0.25) is 36.6 Å². The predicted octanol–water partition coefficient (Wildman–Crippen LogP) is -1.29. The Kier molecular flexibility index (Phi) is 8.17. The summed E-state index contributed by atoms with van der Waals surface area (Å²) in [6, 6.07) is -0.346. The normalized spacial score (nSPS) is 36.2. The fourth-order valence-corrected chi connectivity index (χ4v) is 7.80. The summed E-state index contributed by atoms with van der Waals surface area (Å²) in [7, 11) is -10.1. The molecule has 4 aromatic heterocycles. The number of nitrogens with two attached hydrogens (primary N) is 2. The minimum atomic E-state index is -5.07. The van der Waals surface area contributed by atoms with Crippen LogP contribution in [0.25, 0.3) is 22.3 Å². The summed E-state index contributed by atoms with van der Waals surface area (Å²) in [5, 5.41) is 22.4. The van der Waals surface area contributed by atoms with Crippen molar-refractivity contribution in [2.24, 2.45) is 0 Å². The Morgan fingerprint density at radius 1 is 0.833 bits per heavy atom. The smallest absolute Gasteiger partial charge is 0.386 e. The first-order chi connectivity index (χ1) is 22.7. The Labute approximate surface area is 268 Å². The number of anilines is 2. The van der Waals surface area contributed by atoms with Crippen LogP contribution in [0, 0.1) is 0 Å². The van der Waals surface area contributed by atoms with Crippen molar-refractivity contribution in [1.82, 2.24) is 38.6 Å². The maximum Gasteiger partial charge on any atom is 0.472 e. The second-order valence-electron chi connectivity index (χ2n) is 11.4. The third-order valence-electron chi connectivity index (χ3n) is 8.04. The van der Waals surface area contributed by atoms with E-state index in [1.807, 2.05) is 0 Å². The molecule has 0 spiro atoms. The van der Waals surface area contributed by atoms with Crippen LogP contribution in [0.2, 0.25) is 0 Å². The van der Waals surface area contributed by atoms with Crippen LogP contribution in [0.3, 0.4) is 0 Å². The molecule has 23 nitrogen and oxygen atoms in total. The van der Waals surface area contributed by atoms with Gasteiger partial charge in [0.2, 0.25) is 5.95 Å². The van der Waals surface area contributed by atoms with Gasteiger partial charge in [0.1, 0.15) is 48.5 Å². The van der Waals surface area contributed by atoms with Crippen LogP contribution in [0.5, 0.6) is 0 Å². The van der Waals surface area contributed by atoms with E-state index in [4.69, 9.17) is 39.0 Å². The number of nitrogens with zero attached hydrogens (tertiary/aromatic N) is 8. The molecule has 0 saturated carbocycles. The van der Waals surface area contributed by atoms with Gasteiger partial charge in [0.15, 0.2) is 35.1 Å². The number of phosphoric acid groups is 2. The number of ether oxygens (including phenoxy) is 2. The average Bonchev–Trinajstić information content (AvgIpc) is 3.76. The molecule has 7 rings (SSSR count). The van der Waals surface area contributed by atoms with Gasteiger partial charge in [0.05, 0.1) is 25.9 Å². The summed E-state index contributed by atoms with van der Waals surface area (Å²) in [6.45, 7) is 1.79. The van der Waals surface area contributed by atoms with E-state index < -0.39 is 83.5 Å². The highest BCUT2D eigenvalue weighted by molar-refractivity contribution is 7.47. The summed E-state index contributed by atoms with van der Waals surface area (Å²) in [5.41, 5.74) is 11.4. The van der Waals surface area contributed by atoms with Gasteiger partial charge in [-0.15, -0.1) is 0 Å². The number of fused-ring (bicyclic) bond motifs is 4. The molecule has 8 N–H and O–H groups in total. The number of aliphatic hydroxyl groups excluding tert-OH is 2. The van der Waals surface area contributed by atoms with Crippen molar-refractivity contribution < 1.29 is 56.7 Å². The molecule has 260 valence electrons. The lowest BCUT2D eigenvalue weighted by Gasteiger charge is -2.27. The first-order valence-corrected chi connectivity index (χ1v) is 17.3. The molecule has 10 atom stereocenters. The van der Waals surface area contributed by atoms with Gasteiger partial charge in [0.25, 0.3) is 5.56 Å². The van der Waals surface area contributed by atoms with Crippen LogP contribution in [0.1, 0.15) is 32.3 Å². The molecular formula is C23H30N10O13P2. The van der Waals surface area contributed by atoms with Gasteiger partial charge < -0.3 is 40.9 Å². The molecule has 48 heavy (non-hydrogen) atoms. The van der Waals surface area contributed by atoms with Crippen LogP contribution in [0.4, 0.5) is 11.8 Å². The number of aliphatic hydroxyl groups is 2. The average molecular weight is 716 g/mol. The Hall–Kier alpha value is -3.44. The number of imidazole rings is 2. The van der Waals surface area contributed by atoms with Crippen molar-refractivity contribution in [3.63, 3.8) is 0 Å². The molecule has 3 aliphatic rings. The number of phosphoric ester groups is 2. The monoisotopic (exact) mass is 716 g/mol. The molecule has 25 heteroatoms. The molecule has 4 aromatic rings. The molecule has 3 aliphatic heterocycles. The first kappa shape index (κ1) is 33.1. The van der Waals surface area contributed by atoms with E-state index >= 15 is 0 Å². The molecule has 7 heterocycles. The summed E-state index contributed by atoms with van der Waals surface area (Å²) in [5.74, 6) is -0.109. The minimum absolute atomic E-state index is 0.0391. The molecule has 2 unspecified atom stereocenters. The van der Waals surface area contributed by atoms with Crippen LogP contribution in [-0.2, 0) is 36.7 Å². The lowest BCUT2D eigenvalue weighted by molar-refractivity contribution is -0.0664. The molecule has 0 bridgehead atoms. The van der Waals surface area contributed by atoms with Crippen molar-refractivity contribution in [3.05, 3.63) is 29.3 Å². The Balaban J connectivity index is 1.17. The maximum absolute atomic E-state index is 13.2. The fraction of sp³-hybridized carbons (Fsp3) is 0.565.